The molecular formula is C13H11BrFNO3. The van der Waals surface area contributed by atoms with Gasteiger partial charge in [0.2, 0.25) is 0 Å². The second-order valence-electron chi connectivity index (χ2n) is 4.40. The van der Waals surface area contributed by atoms with Crippen LogP contribution < -0.4 is 0 Å². The molecule has 4 nitrogen and oxygen atoms in total. The molecule has 2 rings (SSSR count). The minimum Gasteiger partial charge on any atom is -0.476 e. The maximum absolute atomic E-state index is 13.9. The van der Waals surface area contributed by atoms with Crippen LogP contribution in [0.4, 0.5) is 4.39 Å². The topological polar surface area (TPSA) is 63.3 Å². The molecule has 0 saturated heterocycles. The summed E-state index contributed by atoms with van der Waals surface area (Å²) in [5, 5.41) is 12.2. The van der Waals surface area contributed by atoms with Gasteiger partial charge in [0.05, 0.1) is 4.47 Å². The van der Waals surface area contributed by atoms with Gasteiger partial charge in [0.15, 0.2) is 11.5 Å². The first-order valence-corrected chi connectivity index (χ1v) is 6.38. The van der Waals surface area contributed by atoms with Crippen molar-refractivity contribution in [2.24, 2.45) is 0 Å². The van der Waals surface area contributed by atoms with Crippen molar-refractivity contribution in [3.8, 4) is 11.3 Å². The minimum absolute atomic E-state index is 0.00174. The smallest absolute Gasteiger partial charge is 0.358 e. The minimum atomic E-state index is -1.17. The Hall–Kier alpha value is -1.69. The molecule has 0 aliphatic heterocycles. The number of aromatic carboxylic acids is 1. The van der Waals surface area contributed by atoms with Crippen LogP contribution in [0.25, 0.3) is 11.3 Å². The van der Waals surface area contributed by atoms with Crippen LogP contribution in [0.2, 0.25) is 0 Å². The standard InChI is InChI=1S/C13H11BrFNO3/c1-6(2)8-3-7(4-9(14)12(8)15)11-5-10(13(17)18)16-19-11/h3-6H,1-2H3,(H,17,18). The van der Waals surface area contributed by atoms with Gasteiger partial charge in [-0.05, 0) is 39.5 Å². The molecule has 0 unspecified atom stereocenters. The molecule has 0 fully saturated rings. The molecule has 100 valence electrons. The van der Waals surface area contributed by atoms with Crippen LogP contribution in [-0.2, 0) is 0 Å². The number of aromatic nitrogens is 1. The first kappa shape index (κ1) is 13.7. The lowest BCUT2D eigenvalue weighted by molar-refractivity contribution is 0.0686. The molecule has 0 bridgehead atoms. The highest BCUT2D eigenvalue weighted by Gasteiger charge is 2.17. The Morgan fingerprint density at radius 3 is 2.63 bits per heavy atom. The van der Waals surface area contributed by atoms with E-state index in [9.17, 15) is 9.18 Å². The Bertz CT molecular complexity index is 637. The second-order valence-corrected chi connectivity index (χ2v) is 5.25. The highest BCUT2D eigenvalue weighted by atomic mass is 79.9. The van der Waals surface area contributed by atoms with Gasteiger partial charge in [0, 0.05) is 11.6 Å². The van der Waals surface area contributed by atoms with E-state index in [-0.39, 0.29) is 17.4 Å². The van der Waals surface area contributed by atoms with Crippen molar-refractivity contribution in [2.75, 3.05) is 0 Å². The molecule has 1 aromatic heterocycles. The zero-order valence-electron chi connectivity index (χ0n) is 10.3. The van der Waals surface area contributed by atoms with Crippen LogP contribution in [0.15, 0.2) is 27.2 Å². The zero-order chi connectivity index (χ0) is 14.2. The van der Waals surface area contributed by atoms with Crippen LogP contribution >= 0.6 is 15.9 Å². The van der Waals surface area contributed by atoms with E-state index in [1.54, 1.807) is 6.07 Å². The lowest BCUT2D eigenvalue weighted by atomic mass is 9.99. The third kappa shape index (κ3) is 2.68. The Morgan fingerprint density at radius 2 is 2.11 bits per heavy atom. The number of benzene rings is 1. The summed E-state index contributed by atoms with van der Waals surface area (Å²) in [6.45, 7) is 3.75. The van der Waals surface area contributed by atoms with E-state index in [1.807, 2.05) is 13.8 Å². The Balaban J connectivity index is 2.53. The first-order chi connectivity index (χ1) is 8.90. The summed E-state index contributed by atoms with van der Waals surface area (Å²) >= 11 is 3.14. The molecule has 0 aliphatic rings. The van der Waals surface area contributed by atoms with Crippen LogP contribution in [0.3, 0.4) is 0 Å². The number of nitrogens with zero attached hydrogens (tertiary/aromatic N) is 1. The number of hydrogen-bond donors (Lipinski definition) is 1. The summed E-state index contributed by atoms with van der Waals surface area (Å²) in [5.74, 6) is -1.20. The van der Waals surface area contributed by atoms with Gasteiger partial charge in [-0.3, -0.25) is 0 Å². The number of halogens is 2. The van der Waals surface area contributed by atoms with Gasteiger partial charge < -0.3 is 9.63 Å². The molecule has 6 heteroatoms. The Kier molecular flexibility index (Phi) is 3.71. The van der Waals surface area contributed by atoms with E-state index in [4.69, 9.17) is 9.63 Å². The lowest BCUT2D eigenvalue weighted by Crippen LogP contribution is -1.95. The number of carboxylic acid groups (broad SMARTS) is 1. The van der Waals surface area contributed by atoms with Gasteiger partial charge in [0.25, 0.3) is 0 Å². The van der Waals surface area contributed by atoms with Crippen LogP contribution in [0, 0.1) is 5.82 Å². The van der Waals surface area contributed by atoms with Gasteiger partial charge >= 0.3 is 5.97 Å². The summed E-state index contributed by atoms with van der Waals surface area (Å²) in [6.07, 6.45) is 0. The normalized spacial score (nSPS) is 11.0. The molecule has 0 aliphatic carbocycles. The van der Waals surface area contributed by atoms with Crippen molar-refractivity contribution in [3.05, 3.63) is 39.7 Å². The van der Waals surface area contributed by atoms with Crippen molar-refractivity contribution in [1.82, 2.24) is 5.16 Å². The average molecular weight is 328 g/mol. The maximum Gasteiger partial charge on any atom is 0.358 e. The molecule has 0 atom stereocenters. The molecule has 0 amide bonds. The van der Waals surface area contributed by atoms with Crippen molar-refractivity contribution < 1.29 is 18.8 Å². The summed E-state index contributed by atoms with van der Waals surface area (Å²) in [7, 11) is 0. The van der Waals surface area contributed by atoms with E-state index in [2.05, 4.69) is 21.1 Å². The molecular weight excluding hydrogens is 317 g/mol. The van der Waals surface area contributed by atoms with E-state index in [0.717, 1.165) is 0 Å². The van der Waals surface area contributed by atoms with Crippen LogP contribution in [0.5, 0.6) is 0 Å². The fourth-order valence-corrected chi connectivity index (χ4v) is 2.16. The number of carboxylic acids is 1. The van der Waals surface area contributed by atoms with Crippen molar-refractivity contribution in [2.45, 2.75) is 19.8 Å². The van der Waals surface area contributed by atoms with Gasteiger partial charge in [0.1, 0.15) is 5.82 Å². The first-order valence-electron chi connectivity index (χ1n) is 5.59. The Labute approximate surface area is 117 Å². The van der Waals surface area contributed by atoms with Crippen molar-refractivity contribution >= 4 is 21.9 Å². The SMILES string of the molecule is CC(C)c1cc(-c2cc(C(=O)O)no2)cc(Br)c1F. The largest absolute Gasteiger partial charge is 0.476 e. The Morgan fingerprint density at radius 1 is 1.42 bits per heavy atom. The van der Waals surface area contributed by atoms with Crippen LogP contribution in [-0.4, -0.2) is 16.2 Å². The van der Waals surface area contributed by atoms with Gasteiger partial charge in [-0.15, -0.1) is 0 Å². The van der Waals surface area contributed by atoms with Crippen molar-refractivity contribution in [3.63, 3.8) is 0 Å². The molecule has 1 heterocycles. The lowest BCUT2D eigenvalue weighted by Gasteiger charge is -2.10. The third-order valence-electron chi connectivity index (χ3n) is 2.69. The van der Waals surface area contributed by atoms with E-state index in [1.165, 1.54) is 12.1 Å². The van der Waals surface area contributed by atoms with Crippen LogP contribution in [0.1, 0.15) is 35.8 Å². The molecule has 19 heavy (non-hydrogen) atoms. The maximum atomic E-state index is 13.9. The molecule has 1 aromatic carbocycles. The predicted molar refractivity (Wildman–Crippen MR) is 70.6 cm³/mol. The van der Waals surface area contributed by atoms with E-state index >= 15 is 0 Å². The fraction of sp³-hybridized carbons (Fsp3) is 0.231. The third-order valence-corrected chi connectivity index (χ3v) is 3.27. The molecule has 2 aromatic rings. The number of rotatable bonds is 3. The van der Waals surface area contributed by atoms with Gasteiger partial charge in [-0.25, -0.2) is 9.18 Å². The van der Waals surface area contributed by atoms with Gasteiger partial charge in [-0.2, -0.15) is 0 Å². The number of hydrogen-bond acceptors (Lipinski definition) is 3. The van der Waals surface area contributed by atoms with E-state index < -0.39 is 5.97 Å². The predicted octanol–water partition coefficient (Wildman–Crippen LogP) is 4.06. The van der Waals surface area contributed by atoms with E-state index in [0.29, 0.717) is 21.4 Å². The number of carbonyl (C=O) groups is 1. The summed E-state index contributed by atoms with van der Waals surface area (Å²) in [4.78, 5) is 10.8. The average Bonchev–Trinajstić information content (AvgIpc) is 2.81. The zero-order valence-corrected chi connectivity index (χ0v) is 11.9. The molecule has 1 N–H and O–H groups in total. The highest BCUT2D eigenvalue weighted by molar-refractivity contribution is 9.10. The molecule has 0 spiro atoms. The summed E-state index contributed by atoms with van der Waals surface area (Å²) < 4.78 is 19.2. The van der Waals surface area contributed by atoms with Gasteiger partial charge in [-0.1, -0.05) is 19.0 Å². The summed E-state index contributed by atoms with van der Waals surface area (Å²) in [5.41, 5.74) is 0.927. The quantitative estimate of drug-likeness (QED) is 0.923. The highest BCUT2D eigenvalue weighted by Crippen LogP contribution is 2.31. The second kappa shape index (κ2) is 5.13. The molecule has 0 saturated carbocycles. The fourth-order valence-electron chi connectivity index (χ4n) is 1.68. The summed E-state index contributed by atoms with van der Waals surface area (Å²) in [6, 6.07) is 4.48. The molecule has 0 radical (unpaired) electrons. The monoisotopic (exact) mass is 327 g/mol. The van der Waals surface area contributed by atoms with Crippen molar-refractivity contribution in [1.29, 1.82) is 0 Å².